The van der Waals surface area contributed by atoms with E-state index in [0.29, 0.717) is 0 Å². The van der Waals surface area contributed by atoms with Gasteiger partial charge in [0.2, 0.25) is 0 Å². The van der Waals surface area contributed by atoms with Gasteiger partial charge in [0.15, 0.2) is 0 Å². The van der Waals surface area contributed by atoms with E-state index in [4.69, 9.17) is 0 Å². The second-order valence-electron chi connectivity index (χ2n) is 5.22. The summed E-state index contributed by atoms with van der Waals surface area (Å²) in [5.41, 5.74) is 3.36. The molecule has 1 aliphatic rings. The molecule has 4 heteroatoms. The molecule has 2 amide bonds. The number of carbonyl (C=O) groups is 1. The molecule has 0 bridgehead atoms. The summed E-state index contributed by atoms with van der Waals surface area (Å²) in [6, 6.07) is 15.9. The van der Waals surface area contributed by atoms with Crippen LogP contribution in [0, 0.1) is 0 Å². The molecule has 3 nitrogen and oxygen atoms in total. The van der Waals surface area contributed by atoms with Crippen LogP contribution < -0.4 is 10.6 Å². The molecule has 1 aliphatic carbocycles. The number of urea groups is 1. The Balaban J connectivity index is 1.70. The molecule has 2 N–H and O–H groups in total. The maximum absolute atomic E-state index is 12.2. The van der Waals surface area contributed by atoms with Crippen LogP contribution in [0.2, 0.25) is 0 Å². The maximum atomic E-state index is 12.2. The topological polar surface area (TPSA) is 41.1 Å². The third kappa shape index (κ3) is 3.27. The summed E-state index contributed by atoms with van der Waals surface area (Å²) in [7, 11) is 0. The molecule has 0 saturated heterocycles. The monoisotopic (exact) mass is 344 g/mol. The lowest BCUT2D eigenvalue weighted by atomic mass is 9.88. The minimum atomic E-state index is -0.163. The first-order valence-electron chi connectivity index (χ1n) is 7.14. The van der Waals surface area contributed by atoms with Gasteiger partial charge in [0.05, 0.1) is 11.7 Å². The highest BCUT2D eigenvalue weighted by molar-refractivity contribution is 9.10. The quantitative estimate of drug-likeness (QED) is 0.817. The first-order chi connectivity index (χ1) is 10.2. The number of hydrogen-bond acceptors (Lipinski definition) is 1. The van der Waals surface area contributed by atoms with Crippen LogP contribution in [0.1, 0.15) is 30.0 Å². The highest BCUT2D eigenvalue weighted by atomic mass is 79.9. The van der Waals surface area contributed by atoms with Crippen LogP contribution in [0.15, 0.2) is 53.0 Å². The zero-order valence-electron chi connectivity index (χ0n) is 11.6. The predicted molar refractivity (Wildman–Crippen MR) is 88.4 cm³/mol. The van der Waals surface area contributed by atoms with E-state index in [2.05, 4.69) is 44.8 Å². The lowest BCUT2D eigenvalue weighted by molar-refractivity contribution is 0.247. The Bertz CT molecular complexity index is 657. The van der Waals surface area contributed by atoms with Gasteiger partial charge < -0.3 is 10.6 Å². The van der Waals surface area contributed by atoms with E-state index in [1.807, 2.05) is 30.3 Å². The number of benzene rings is 2. The van der Waals surface area contributed by atoms with Gasteiger partial charge in [0, 0.05) is 4.47 Å². The van der Waals surface area contributed by atoms with E-state index < -0.39 is 0 Å². The summed E-state index contributed by atoms with van der Waals surface area (Å²) in [5.74, 6) is 0. The van der Waals surface area contributed by atoms with Crippen molar-refractivity contribution in [1.82, 2.24) is 5.32 Å². The second kappa shape index (κ2) is 6.31. The Morgan fingerprint density at radius 2 is 1.86 bits per heavy atom. The summed E-state index contributed by atoms with van der Waals surface area (Å²) in [4.78, 5) is 12.2. The standard InChI is InChI=1S/C17H17BrN2O/c18-14-9-3-4-10-16(14)20-17(21)19-15-11-5-7-12-6-1-2-8-13(12)15/h1-4,6,8-10,15H,5,7,11H2,(H2,19,20,21). The lowest BCUT2D eigenvalue weighted by Crippen LogP contribution is -2.34. The van der Waals surface area contributed by atoms with E-state index in [0.717, 1.165) is 29.4 Å². The van der Waals surface area contributed by atoms with Crippen LogP contribution in [-0.2, 0) is 6.42 Å². The van der Waals surface area contributed by atoms with Crippen LogP contribution in [-0.4, -0.2) is 6.03 Å². The van der Waals surface area contributed by atoms with Crippen molar-refractivity contribution in [1.29, 1.82) is 0 Å². The van der Waals surface area contributed by atoms with E-state index >= 15 is 0 Å². The molecule has 0 spiro atoms. The highest BCUT2D eigenvalue weighted by Crippen LogP contribution is 2.29. The minimum Gasteiger partial charge on any atom is -0.331 e. The van der Waals surface area contributed by atoms with Crippen LogP contribution in [0.5, 0.6) is 0 Å². The molecule has 0 heterocycles. The molecule has 0 radical (unpaired) electrons. The normalized spacial score (nSPS) is 16.9. The van der Waals surface area contributed by atoms with Gasteiger partial charge in [-0.2, -0.15) is 0 Å². The van der Waals surface area contributed by atoms with E-state index in [1.165, 1.54) is 11.1 Å². The summed E-state index contributed by atoms with van der Waals surface area (Å²) < 4.78 is 0.879. The third-order valence-corrected chi connectivity index (χ3v) is 4.49. The molecule has 1 atom stereocenters. The molecular weight excluding hydrogens is 328 g/mol. The molecule has 3 rings (SSSR count). The smallest absolute Gasteiger partial charge is 0.319 e. The molecule has 0 aliphatic heterocycles. The Kier molecular flexibility index (Phi) is 4.25. The van der Waals surface area contributed by atoms with Crippen molar-refractivity contribution in [2.45, 2.75) is 25.3 Å². The molecule has 2 aromatic rings. The Labute approximate surface area is 132 Å². The zero-order valence-corrected chi connectivity index (χ0v) is 13.2. The number of halogens is 1. The Morgan fingerprint density at radius 3 is 2.71 bits per heavy atom. The number of anilines is 1. The molecule has 0 saturated carbocycles. The largest absolute Gasteiger partial charge is 0.331 e. The van der Waals surface area contributed by atoms with Crippen molar-refractivity contribution in [3.8, 4) is 0 Å². The number of aryl methyl sites for hydroxylation is 1. The molecule has 1 unspecified atom stereocenters. The van der Waals surface area contributed by atoms with Gasteiger partial charge in [-0.3, -0.25) is 0 Å². The van der Waals surface area contributed by atoms with E-state index in [1.54, 1.807) is 0 Å². The zero-order chi connectivity index (χ0) is 14.7. The van der Waals surface area contributed by atoms with Crippen molar-refractivity contribution in [3.63, 3.8) is 0 Å². The van der Waals surface area contributed by atoms with Gasteiger partial charge in [-0.05, 0) is 58.5 Å². The van der Waals surface area contributed by atoms with Crippen molar-refractivity contribution >= 4 is 27.6 Å². The third-order valence-electron chi connectivity index (χ3n) is 3.80. The highest BCUT2D eigenvalue weighted by Gasteiger charge is 2.21. The average molecular weight is 345 g/mol. The van der Waals surface area contributed by atoms with Crippen molar-refractivity contribution in [2.24, 2.45) is 0 Å². The van der Waals surface area contributed by atoms with E-state index in [-0.39, 0.29) is 12.1 Å². The number of rotatable bonds is 2. The summed E-state index contributed by atoms with van der Waals surface area (Å²) in [6.07, 6.45) is 3.19. The fourth-order valence-electron chi connectivity index (χ4n) is 2.78. The summed E-state index contributed by atoms with van der Waals surface area (Å²) in [6.45, 7) is 0. The lowest BCUT2D eigenvalue weighted by Gasteiger charge is -2.26. The Hall–Kier alpha value is -1.81. The van der Waals surface area contributed by atoms with Gasteiger partial charge in [0.1, 0.15) is 0 Å². The van der Waals surface area contributed by atoms with E-state index in [9.17, 15) is 4.79 Å². The van der Waals surface area contributed by atoms with Crippen LogP contribution in [0.4, 0.5) is 10.5 Å². The SMILES string of the molecule is O=C(Nc1ccccc1Br)NC1CCCc2ccccc21. The minimum absolute atomic E-state index is 0.0948. The number of amides is 2. The second-order valence-corrected chi connectivity index (χ2v) is 6.08. The fourth-order valence-corrected chi connectivity index (χ4v) is 3.17. The number of para-hydroxylation sites is 1. The number of nitrogens with one attached hydrogen (secondary N) is 2. The van der Waals surface area contributed by atoms with Crippen molar-refractivity contribution in [3.05, 3.63) is 64.1 Å². The summed E-state index contributed by atoms with van der Waals surface area (Å²) >= 11 is 3.43. The van der Waals surface area contributed by atoms with Gasteiger partial charge in [0.25, 0.3) is 0 Å². The van der Waals surface area contributed by atoms with Crippen molar-refractivity contribution < 1.29 is 4.79 Å². The van der Waals surface area contributed by atoms with Crippen LogP contribution in [0.3, 0.4) is 0 Å². The average Bonchev–Trinajstić information content (AvgIpc) is 2.50. The molecular formula is C17H17BrN2O. The van der Waals surface area contributed by atoms with Crippen LogP contribution >= 0.6 is 15.9 Å². The number of carbonyl (C=O) groups excluding carboxylic acids is 1. The molecule has 108 valence electrons. The van der Waals surface area contributed by atoms with Gasteiger partial charge in [-0.25, -0.2) is 4.79 Å². The predicted octanol–water partition coefficient (Wildman–Crippen LogP) is 4.65. The molecule has 0 fully saturated rings. The first-order valence-corrected chi connectivity index (χ1v) is 7.93. The Morgan fingerprint density at radius 1 is 1.10 bits per heavy atom. The maximum Gasteiger partial charge on any atom is 0.319 e. The van der Waals surface area contributed by atoms with Gasteiger partial charge in [-0.1, -0.05) is 36.4 Å². The number of hydrogen-bond donors (Lipinski definition) is 2. The fraction of sp³-hybridized carbons (Fsp3) is 0.235. The van der Waals surface area contributed by atoms with Gasteiger partial charge >= 0.3 is 6.03 Å². The van der Waals surface area contributed by atoms with Crippen LogP contribution in [0.25, 0.3) is 0 Å². The first kappa shape index (κ1) is 14.1. The number of fused-ring (bicyclic) bond motifs is 1. The molecule has 21 heavy (non-hydrogen) atoms. The molecule has 2 aromatic carbocycles. The molecule has 0 aromatic heterocycles. The summed E-state index contributed by atoms with van der Waals surface area (Å²) in [5, 5.41) is 5.97. The van der Waals surface area contributed by atoms with Gasteiger partial charge in [-0.15, -0.1) is 0 Å². The van der Waals surface area contributed by atoms with Crippen molar-refractivity contribution in [2.75, 3.05) is 5.32 Å².